The fraction of sp³-hybridized carbons (Fsp3) is 0.250. The van der Waals surface area contributed by atoms with Crippen LogP contribution in [-0.2, 0) is 4.74 Å². The van der Waals surface area contributed by atoms with Gasteiger partial charge < -0.3 is 9.64 Å². The second-order valence-corrected chi connectivity index (χ2v) is 7.04. The zero-order valence-electron chi connectivity index (χ0n) is 16.8. The lowest BCUT2D eigenvalue weighted by molar-refractivity contribution is 0.0595. The molecule has 0 fully saturated rings. The highest BCUT2D eigenvalue weighted by Gasteiger charge is 2.23. The molecule has 0 unspecified atom stereocenters. The lowest BCUT2D eigenvalue weighted by Gasteiger charge is -2.27. The van der Waals surface area contributed by atoms with Gasteiger partial charge in [-0.25, -0.2) is 0 Å². The van der Waals surface area contributed by atoms with Crippen molar-refractivity contribution in [3.8, 4) is 11.1 Å². The van der Waals surface area contributed by atoms with Gasteiger partial charge in [-0.15, -0.1) is 0 Å². The number of hydrogen-bond acceptors (Lipinski definition) is 3. The average molecular weight is 374 g/mol. The van der Waals surface area contributed by atoms with E-state index in [0.29, 0.717) is 12.2 Å². The van der Waals surface area contributed by atoms with Crippen molar-refractivity contribution < 1.29 is 9.53 Å². The molecule has 0 bridgehead atoms. The third-order valence-electron chi connectivity index (χ3n) is 4.98. The third-order valence-corrected chi connectivity index (χ3v) is 4.98. The van der Waals surface area contributed by atoms with E-state index in [1.54, 1.807) is 25.3 Å². The molecule has 3 aromatic rings. The predicted molar refractivity (Wildman–Crippen MR) is 112 cm³/mol. The quantitative estimate of drug-likeness (QED) is 0.621. The summed E-state index contributed by atoms with van der Waals surface area (Å²) >= 11 is 0. The van der Waals surface area contributed by atoms with Crippen molar-refractivity contribution in [1.29, 1.82) is 0 Å². The Bertz CT molecular complexity index is 937. The number of aryl methyl sites for hydroxylation is 2. The molecule has 0 aliphatic heterocycles. The molecule has 0 radical (unpaired) electrons. The minimum absolute atomic E-state index is 0.0554. The van der Waals surface area contributed by atoms with Gasteiger partial charge in [-0.3, -0.25) is 9.78 Å². The fourth-order valence-electron chi connectivity index (χ4n) is 3.31. The molecule has 1 amide bonds. The summed E-state index contributed by atoms with van der Waals surface area (Å²) in [7, 11) is 3.42. The monoisotopic (exact) mass is 374 g/mol. The van der Waals surface area contributed by atoms with E-state index < -0.39 is 0 Å². The molecule has 1 heterocycles. The van der Waals surface area contributed by atoms with Gasteiger partial charge in [-0.05, 0) is 54.8 Å². The van der Waals surface area contributed by atoms with Gasteiger partial charge in [-0.1, -0.05) is 42.0 Å². The van der Waals surface area contributed by atoms with Crippen molar-refractivity contribution in [2.24, 2.45) is 0 Å². The van der Waals surface area contributed by atoms with Crippen LogP contribution in [0.4, 0.5) is 0 Å². The number of methoxy groups -OCH3 is 1. The van der Waals surface area contributed by atoms with Crippen molar-refractivity contribution >= 4 is 5.91 Å². The lowest BCUT2D eigenvalue weighted by Crippen LogP contribution is -2.34. The van der Waals surface area contributed by atoms with Crippen molar-refractivity contribution in [2.45, 2.75) is 19.9 Å². The maximum absolute atomic E-state index is 13.0. The van der Waals surface area contributed by atoms with Crippen LogP contribution in [0.3, 0.4) is 0 Å². The molecule has 0 N–H and O–H groups in total. The molecule has 0 aliphatic rings. The predicted octanol–water partition coefficient (Wildman–Crippen LogP) is 4.83. The van der Waals surface area contributed by atoms with Crippen LogP contribution in [-0.4, -0.2) is 36.6 Å². The number of carbonyl (C=O) groups is 1. The van der Waals surface area contributed by atoms with Gasteiger partial charge in [0.15, 0.2) is 0 Å². The number of ether oxygens (including phenoxy) is 1. The molecule has 0 spiro atoms. The molecular weight excluding hydrogens is 348 g/mol. The first-order valence-corrected chi connectivity index (χ1v) is 9.36. The summed E-state index contributed by atoms with van der Waals surface area (Å²) in [5, 5.41) is 0. The SMILES string of the molecule is COC[C@H](c1ccccn1)N(C)C(=O)c1ccc(-c2cc(C)ccc2C)cc1. The summed E-state index contributed by atoms with van der Waals surface area (Å²) in [5.41, 5.74) is 6.20. The van der Waals surface area contributed by atoms with Crippen LogP contribution >= 0.6 is 0 Å². The van der Waals surface area contributed by atoms with Crippen molar-refractivity contribution in [3.63, 3.8) is 0 Å². The maximum atomic E-state index is 13.0. The van der Waals surface area contributed by atoms with E-state index in [1.807, 2.05) is 42.5 Å². The number of likely N-dealkylation sites (N-methyl/N-ethyl adjacent to an activating group) is 1. The van der Waals surface area contributed by atoms with Crippen LogP contribution in [0.15, 0.2) is 66.9 Å². The Morgan fingerprint density at radius 2 is 1.82 bits per heavy atom. The Labute approximate surface area is 166 Å². The Hall–Kier alpha value is -2.98. The van der Waals surface area contributed by atoms with Crippen molar-refractivity contribution in [3.05, 3.63) is 89.2 Å². The van der Waals surface area contributed by atoms with Crippen LogP contribution < -0.4 is 0 Å². The molecular formula is C24H26N2O2. The molecule has 2 aromatic carbocycles. The molecule has 0 saturated heterocycles. The highest BCUT2D eigenvalue weighted by atomic mass is 16.5. The number of pyridine rings is 1. The lowest BCUT2D eigenvalue weighted by atomic mass is 9.97. The number of nitrogens with zero attached hydrogens (tertiary/aromatic N) is 2. The summed E-state index contributed by atoms with van der Waals surface area (Å²) in [6, 6.07) is 19.7. The highest BCUT2D eigenvalue weighted by molar-refractivity contribution is 5.94. The number of hydrogen-bond donors (Lipinski definition) is 0. The van der Waals surface area contributed by atoms with Gasteiger partial charge in [-0.2, -0.15) is 0 Å². The van der Waals surface area contributed by atoms with E-state index in [9.17, 15) is 4.79 Å². The van der Waals surface area contributed by atoms with E-state index in [4.69, 9.17) is 4.74 Å². The molecule has 4 heteroatoms. The van der Waals surface area contributed by atoms with Crippen molar-refractivity contribution in [1.82, 2.24) is 9.88 Å². The zero-order chi connectivity index (χ0) is 20.1. The summed E-state index contributed by atoms with van der Waals surface area (Å²) in [5.74, 6) is -0.0554. The molecule has 1 atom stereocenters. The van der Waals surface area contributed by atoms with E-state index >= 15 is 0 Å². The minimum atomic E-state index is -0.239. The first-order valence-electron chi connectivity index (χ1n) is 9.36. The molecule has 144 valence electrons. The fourth-order valence-corrected chi connectivity index (χ4v) is 3.31. The van der Waals surface area contributed by atoms with Gasteiger partial charge in [0.25, 0.3) is 5.91 Å². The van der Waals surface area contributed by atoms with Gasteiger partial charge in [0.05, 0.1) is 18.3 Å². The topological polar surface area (TPSA) is 42.4 Å². The van der Waals surface area contributed by atoms with Gasteiger partial charge in [0.1, 0.15) is 0 Å². The summed E-state index contributed by atoms with van der Waals surface area (Å²) in [6.07, 6.45) is 1.73. The maximum Gasteiger partial charge on any atom is 0.254 e. The zero-order valence-corrected chi connectivity index (χ0v) is 16.8. The largest absolute Gasteiger partial charge is 0.382 e. The second kappa shape index (κ2) is 8.81. The second-order valence-electron chi connectivity index (χ2n) is 7.04. The first kappa shape index (κ1) is 19.8. The number of rotatable bonds is 6. The van der Waals surface area contributed by atoms with E-state index in [0.717, 1.165) is 11.3 Å². The smallest absolute Gasteiger partial charge is 0.254 e. The molecule has 3 rings (SSSR count). The van der Waals surface area contributed by atoms with E-state index in [-0.39, 0.29) is 11.9 Å². The standard InChI is InChI=1S/C24H26N2O2/c1-17-8-9-18(2)21(15-17)19-10-12-20(13-11-19)24(27)26(3)23(16-28-4)22-7-5-6-14-25-22/h5-15,23H,16H2,1-4H3/t23-/m1/s1. The first-order chi connectivity index (χ1) is 13.5. The molecule has 1 aromatic heterocycles. The van der Waals surface area contributed by atoms with Gasteiger partial charge in [0, 0.05) is 25.9 Å². The molecule has 0 aliphatic carbocycles. The Morgan fingerprint density at radius 1 is 1.07 bits per heavy atom. The Balaban J connectivity index is 1.84. The number of benzene rings is 2. The van der Waals surface area contributed by atoms with Crippen LogP contribution in [0.5, 0.6) is 0 Å². The number of aromatic nitrogens is 1. The number of carbonyl (C=O) groups excluding carboxylic acids is 1. The van der Waals surface area contributed by atoms with Crippen LogP contribution in [0, 0.1) is 13.8 Å². The van der Waals surface area contributed by atoms with Crippen LogP contribution in [0.25, 0.3) is 11.1 Å². The summed E-state index contributed by atoms with van der Waals surface area (Å²) in [6.45, 7) is 4.58. The molecule has 28 heavy (non-hydrogen) atoms. The van der Waals surface area contributed by atoms with E-state index in [2.05, 4.69) is 37.0 Å². The Morgan fingerprint density at radius 3 is 2.46 bits per heavy atom. The number of amides is 1. The van der Waals surface area contributed by atoms with Crippen molar-refractivity contribution in [2.75, 3.05) is 20.8 Å². The third kappa shape index (κ3) is 4.29. The van der Waals surface area contributed by atoms with Crippen LogP contribution in [0.2, 0.25) is 0 Å². The normalized spacial score (nSPS) is 11.9. The summed E-state index contributed by atoms with van der Waals surface area (Å²) < 4.78 is 5.33. The molecule has 0 saturated carbocycles. The van der Waals surface area contributed by atoms with Gasteiger partial charge in [0.2, 0.25) is 0 Å². The Kier molecular flexibility index (Phi) is 6.22. The average Bonchev–Trinajstić information content (AvgIpc) is 2.73. The minimum Gasteiger partial charge on any atom is -0.382 e. The van der Waals surface area contributed by atoms with Crippen LogP contribution in [0.1, 0.15) is 33.2 Å². The van der Waals surface area contributed by atoms with Gasteiger partial charge >= 0.3 is 0 Å². The summed E-state index contributed by atoms with van der Waals surface area (Å²) in [4.78, 5) is 19.1. The molecule has 4 nitrogen and oxygen atoms in total. The van der Waals surface area contributed by atoms with E-state index in [1.165, 1.54) is 16.7 Å². The highest BCUT2D eigenvalue weighted by Crippen LogP contribution is 2.26.